The van der Waals surface area contributed by atoms with Crippen LogP contribution in [0.5, 0.6) is 0 Å². The van der Waals surface area contributed by atoms with E-state index in [9.17, 15) is 0 Å². The molecule has 1 fully saturated rings. The quantitative estimate of drug-likeness (QED) is 0.667. The molecule has 84 valence electrons. The van der Waals surface area contributed by atoms with E-state index in [-0.39, 0.29) is 12.5 Å². The standard InChI is InChI=1S/C13H17BO2/c1-9(2)10-4-5-11-12(6-10)14(3)16-13(11)7-15-8-13/h4-6,9H,7-8H2,1-3H3. The fourth-order valence-corrected chi connectivity index (χ4v) is 2.67. The fraction of sp³-hybridized carbons (Fsp3) is 0.538. The van der Waals surface area contributed by atoms with Gasteiger partial charge in [-0.2, -0.15) is 0 Å². The van der Waals surface area contributed by atoms with E-state index < -0.39 is 0 Å². The molecule has 1 aromatic carbocycles. The Morgan fingerprint density at radius 3 is 2.62 bits per heavy atom. The molecule has 0 aromatic heterocycles. The smallest absolute Gasteiger partial charge is 0.325 e. The van der Waals surface area contributed by atoms with E-state index in [0.717, 1.165) is 0 Å². The molecule has 0 bridgehead atoms. The first-order valence-electron chi connectivity index (χ1n) is 6.02. The minimum absolute atomic E-state index is 0.121. The summed E-state index contributed by atoms with van der Waals surface area (Å²) >= 11 is 0. The van der Waals surface area contributed by atoms with E-state index in [2.05, 4.69) is 38.9 Å². The van der Waals surface area contributed by atoms with Crippen LogP contribution in [0.15, 0.2) is 18.2 Å². The highest BCUT2D eigenvalue weighted by molar-refractivity contribution is 6.67. The normalized spacial score (nSPS) is 21.4. The van der Waals surface area contributed by atoms with Crippen LogP contribution in [0.4, 0.5) is 0 Å². The van der Waals surface area contributed by atoms with Crippen LogP contribution < -0.4 is 5.46 Å². The van der Waals surface area contributed by atoms with Crippen LogP contribution in [0.1, 0.15) is 30.9 Å². The second-order valence-corrected chi connectivity index (χ2v) is 5.25. The highest BCUT2D eigenvalue weighted by Gasteiger charge is 2.50. The van der Waals surface area contributed by atoms with Crippen LogP contribution in [0, 0.1) is 0 Å². The Balaban J connectivity index is 2.07. The molecule has 1 spiro atoms. The summed E-state index contributed by atoms with van der Waals surface area (Å²) in [7, 11) is 0. The van der Waals surface area contributed by atoms with Gasteiger partial charge in [-0.3, -0.25) is 0 Å². The summed E-state index contributed by atoms with van der Waals surface area (Å²) in [5.74, 6) is 0.576. The van der Waals surface area contributed by atoms with E-state index in [1.165, 1.54) is 16.6 Å². The van der Waals surface area contributed by atoms with Crippen molar-refractivity contribution in [2.24, 2.45) is 0 Å². The van der Waals surface area contributed by atoms with Gasteiger partial charge >= 0.3 is 6.92 Å². The first-order chi connectivity index (χ1) is 7.62. The number of hydrogen-bond donors (Lipinski definition) is 0. The lowest BCUT2D eigenvalue weighted by atomic mass is 9.63. The van der Waals surface area contributed by atoms with Gasteiger partial charge in [0.2, 0.25) is 0 Å². The molecule has 0 saturated carbocycles. The SMILES string of the molecule is CB1OC2(COC2)c2ccc(C(C)C)cc21. The monoisotopic (exact) mass is 216 g/mol. The van der Waals surface area contributed by atoms with Gasteiger partial charge in [-0.1, -0.05) is 38.9 Å². The number of fused-ring (bicyclic) bond motifs is 2. The summed E-state index contributed by atoms with van der Waals surface area (Å²) in [5.41, 5.74) is 3.97. The predicted molar refractivity (Wildman–Crippen MR) is 65.4 cm³/mol. The van der Waals surface area contributed by atoms with Gasteiger partial charge in [0.25, 0.3) is 0 Å². The van der Waals surface area contributed by atoms with E-state index in [1.807, 2.05) is 0 Å². The lowest BCUT2D eigenvalue weighted by molar-refractivity contribution is -0.164. The zero-order valence-electron chi connectivity index (χ0n) is 10.1. The summed E-state index contributed by atoms with van der Waals surface area (Å²) in [6.07, 6.45) is 0. The minimum atomic E-state index is -0.121. The molecule has 2 nitrogen and oxygen atoms in total. The van der Waals surface area contributed by atoms with Crippen molar-refractivity contribution < 1.29 is 9.39 Å². The molecule has 16 heavy (non-hydrogen) atoms. The number of hydrogen-bond acceptors (Lipinski definition) is 2. The van der Waals surface area contributed by atoms with Gasteiger partial charge in [0.15, 0.2) is 0 Å². The first kappa shape index (κ1) is 10.4. The molecular formula is C13H17BO2. The molecule has 3 heteroatoms. The van der Waals surface area contributed by atoms with Crippen molar-refractivity contribution in [2.75, 3.05) is 13.2 Å². The lowest BCUT2D eigenvalue weighted by Crippen LogP contribution is -2.47. The molecule has 2 heterocycles. The molecule has 0 aliphatic carbocycles. The highest BCUT2D eigenvalue weighted by Crippen LogP contribution is 2.38. The largest absolute Gasteiger partial charge is 0.418 e. The maximum Gasteiger partial charge on any atom is 0.325 e. The molecule has 0 atom stereocenters. The minimum Gasteiger partial charge on any atom is -0.418 e. The van der Waals surface area contributed by atoms with Crippen LogP contribution in [-0.2, 0) is 15.0 Å². The second-order valence-electron chi connectivity index (χ2n) is 5.25. The molecule has 1 saturated heterocycles. The van der Waals surface area contributed by atoms with Gasteiger partial charge in [-0.05, 0) is 22.5 Å². The van der Waals surface area contributed by atoms with Crippen LogP contribution in [-0.4, -0.2) is 20.1 Å². The molecule has 2 aliphatic rings. The summed E-state index contributed by atoms with van der Waals surface area (Å²) < 4.78 is 11.4. The molecule has 2 aliphatic heterocycles. The average molecular weight is 216 g/mol. The average Bonchev–Trinajstić information content (AvgIpc) is 2.51. The third-order valence-corrected chi connectivity index (χ3v) is 3.74. The molecule has 0 amide bonds. The molecular weight excluding hydrogens is 199 g/mol. The van der Waals surface area contributed by atoms with Crippen molar-refractivity contribution in [2.45, 2.75) is 32.2 Å². The van der Waals surface area contributed by atoms with Crippen molar-refractivity contribution >= 4 is 12.4 Å². The summed E-state index contributed by atoms with van der Waals surface area (Å²) in [6.45, 7) is 8.22. The van der Waals surface area contributed by atoms with Gasteiger partial charge in [0, 0.05) is 0 Å². The van der Waals surface area contributed by atoms with Gasteiger partial charge in [-0.15, -0.1) is 0 Å². The van der Waals surface area contributed by atoms with E-state index in [0.29, 0.717) is 19.1 Å². The summed E-state index contributed by atoms with van der Waals surface area (Å²) in [6, 6.07) is 6.76. The van der Waals surface area contributed by atoms with Crippen molar-refractivity contribution in [1.29, 1.82) is 0 Å². The third-order valence-electron chi connectivity index (χ3n) is 3.74. The van der Waals surface area contributed by atoms with Gasteiger partial charge in [-0.25, -0.2) is 0 Å². The van der Waals surface area contributed by atoms with Crippen LogP contribution >= 0.6 is 0 Å². The Kier molecular flexibility index (Phi) is 2.17. The molecule has 1 aromatic rings. The topological polar surface area (TPSA) is 18.5 Å². The summed E-state index contributed by atoms with van der Waals surface area (Å²) in [5, 5.41) is 0. The van der Waals surface area contributed by atoms with Crippen LogP contribution in [0.2, 0.25) is 6.82 Å². The number of benzene rings is 1. The maximum atomic E-state index is 6.06. The van der Waals surface area contributed by atoms with Gasteiger partial charge in [0.1, 0.15) is 5.60 Å². The predicted octanol–water partition coefficient (Wildman–Crippen LogP) is 1.89. The van der Waals surface area contributed by atoms with Crippen LogP contribution in [0.3, 0.4) is 0 Å². The Morgan fingerprint density at radius 1 is 1.31 bits per heavy atom. The summed E-state index contributed by atoms with van der Waals surface area (Å²) in [4.78, 5) is 0. The van der Waals surface area contributed by atoms with E-state index in [1.54, 1.807) is 0 Å². The van der Waals surface area contributed by atoms with E-state index in [4.69, 9.17) is 9.39 Å². The zero-order valence-corrected chi connectivity index (χ0v) is 10.1. The molecule has 0 unspecified atom stereocenters. The second kappa shape index (κ2) is 3.35. The van der Waals surface area contributed by atoms with Gasteiger partial charge < -0.3 is 9.39 Å². The molecule has 0 N–H and O–H groups in total. The Labute approximate surface area is 97.1 Å². The highest BCUT2D eigenvalue weighted by atomic mass is 16.6. The third kappa shape index (κ3) is 1.28. The van der Waals surface area contributed by atoms with Crippen molar-refractivity contribution in [3.8, 4) is 0 Å². The Bertz CT molecular complexity index is 424. The van der Waals surface area contributed by atoms with Crippen LogP contribution in [0.25, 0.3) is 0 Å². The van der Waals surface area contributed by atoms with E-state index >= 15 is 0 Å². The maximum absolute atomic E-state index is 6.06. The lowest BCUT2D eigenvalue weighted by Gasteiger charge is -2.39. The fourth-order valence-electron chi connectivity index (χ4n) is 2.67. The van der Waals surface area contributed by atoms with Crippen molar-refractivity contribution in [3.05, 3.63) is 29.3 Å². The van der Waals surface area contributed by atoms with Gasteiger partial charge in [0.05, 0.1) is 13.2 Å². The molecule has 3 rings (SSSR count). The Hall–Kier alpha value is -0.795. The van der Waals surface area contributed by atoms with Crippen molar-refractivity contribution in [3.63, 3.8) is 0 Å². The molecule has 0 radical (unpaired) electrons. The first-order valence-corrected chi connectivity index (χ1v) is 6.02. The number of rotatable bonds is 1. The van der Waals surface area contributed by atoms with Crippen molar-refractivity contribution in [1.82, 2.24) is 0 Å². The number of ether oxygens (including phenoxy) is 1. The Morgan fingerprint density at radius 2 is 2.06 bits per heavy atom. The zero-order chi connectivity index (χ0) is 11.3.